The molecular formula is C28H26N2O3. The van der Waals surface area contributed by atoms with Crippen molar-refractivity contribution in [3.8, 4) is 0 Å². The Balaban J connectivity index is 1.78. The van der Waals surface area contributed by atoms with E-state index in [9.17, 15) is 14.4 Å². The molecule has 0 unspecified atom stereocenters. The number of nitrogens with one attached hydrogen (secondary N) is 1. The molecule has 4 aromatic rings. The maximum atomic E-state index is 13.3. The lowest BCUT2D eigenvalue weighted by molar-refractivity contribution is -0.116. The summed E-state index contributed by atoms with van der Waals surface area (Å²) in [6.07, 6.45) is 3.14. The van der Waals surface area contributed by atoms with Crippen molar-refractivity contribution < 1.29 is 9.59 Å². The highest BCUT2D eigenvalue weighted by Gasteiger charge is 2.18. The molecule has 0 aliphatic rings. The number of anilines is 1. The van der Waals surface area contributed by atoms with E-state index in [4.69, 9.17) is 0 Å². The second-order valence-corrected chi connectivity index (χ2v) is 8.00. The molecule has 5 heteroatoms. The molecule has 5 nitrogen and oxygen atoms in total. The number of benzene rings is 3. The number of aryl methyl sites for hydroxylation is 2. The zero-order valence-corrected chi connectivity index (χ0v) is 18.8. The molecule has 0 aliphatic carbocycles. The summed E-state index contributed by atoms with van der Waals surface area (Å²) in [5.41, 5.74) is 3.63. The van der Waals surface area contributed by atoms with Gasteiger partial charge in [-0.05, 0) is 48.2 Å². The van der Waals surface area contributed by atoms with Gasteiger partial charge in [-0.15, -0.1) is 0 Å². The van der Waals surface area contributed by atoms with Gasteiger partial charge in [-0.2, -0.15) is 0 Å². The van der Waals surface area contributed by atoms with Crippen LogP contribution in [0.15, 0.2) is 83.8 Å². The van der Waals surface area contributed by atoms with Crippen molar-refractivity contribution in [2.75, 3.05) is 5.32 Å². The third kappa shape index (κ3) is 4.77. The first kappa shape index (κ1) is 22.2. The van der Waals surface area contributed by atoms with Gasteiger partial charge in [0.2, 0.25) is 11.3 Å². The Bertz CT molecular complexity index is 1370. The lowest BCUT2D eigenvalue weighted by atomic mass is 9.99. The summed E-state index contributed by atoms with van der Waals surface area (Å²) >= 11 is 0. The molecule has 3 aromatic carbocycles. The lowest BCUT2D eigenvalue weighted by Gasteiger charge is -2.14. The number of nitrogens with zero attached hydrogens (tertiary/aromatic N) is 1. The van der Waals surface area contributed by atoms with Crippen LogP contribution in [0, 0.1) is 0 Å². The third-order valence-electron chi connectivity index (χ3n) is 5.79. The maximum absolute atomic E-state index is 13.3. The number of ketones is 1. The van der Waals surface area contributed by atoms with Crippen molar-refractivity contribution in [3.63, 3.8) is 0 Å². The van der Waals surface area contributed by atoms with Crippen LogP contribution in [-0.2, 0) is 24.2 Å². The fourth-order valence-corrected chi connectivity index (χ4v) is 3.88. The quantitative estimate of drug-likeness (QED) is 0.413. The van der Waals surface area contributed by atoms with Gasteiger partial charge in [0.15, 0.2) is 5.78 Å². The number of hydrogen-bond donors (Lipinski definition) is 1. The molecule has 1 amide bonds. The minimum absolute atomic E-state index is 0.0216. The van der Waals surface area contributed by atoms with E-state index in [-0.39, 0.29) is 29.2 Å². The summed E-state index contributed by atoms with van der Waals surface area (Å²) in [7, 11) is 0. The molecule has 0 radical (unpaired) electrons. The van der Waals surface area contributed by atoms with Crippen LogP contribution in [0.25, 0.3) is 10.9 Å². The zero-order valence-electron chi connectivity index (χ0n) is 18.8. The van der Waals surface area contributed by atoms with Crippen LogP contribution in [0.3, 0.4) is 0 Å². The zero-order chi connectivity index (χ0) is 23.4. The molecule has 0 bridgehead atoms. The van der Waals surface area contributed by atoms with Crippen molar-refractivity contribution in [1.82, 2.24) is 4.57 Å². The second-order valence-electron chi connectivity index (χ2n) is 8.00. The number of hydrogen-bond acceptors (Lipinski definition) is 3. The Morgan fingerprint density at radius 1 is 0.848 bits per heavy atom. The van der Waals surface area contributed by atoms with Crippen molar-refractivity contribution in [2.24, 2.45) is 0 Å². The van der Waals surface area contributed by atoms with Crippen LogP contribution in [0.4, 0.5) is 5.69 Å². The Kier molecular flexibility index (Phi) is 6.50. The topological polar surface area (TPSA) is 68.2 Å². The molecule has 1 aromatic heterocycles. The van der Waals surface area contributed by atoms with Gasteiger partial charge >= 0.3 is 0 Å². The number of rotatable bonds is 7. The van der Waals surface area contributed by atoms with Crippen LogP contribution >= 0.6 is 0 Å². The lowest BCUT2D eigenvalue weighted by Crippen LogP contribution is -2.24. The summed E-state index contributed by atoms with van der Waals surface area (Å²) in [5, 5.41) is 3.30. The Hall–Kier alpha value is -3.99. The Morgan fingerprint density at radius 3 is 2.18 bits per heavy atom. The summed E-state index contributed by atoms with van der Waals surface area (Å²) in [6.45, 7) is 4.04. The predicted octanol–water partition coefficient (Wildman–Crippen LogP) is 5.00. The fourth-order valence-electron chi connectivity index (χ4n) is 3.88. The van der Waals surface area contributed by atoms with Crippen LogP contribution in [-0.4, -0.2) is 16.3 Å². The number of aromatic nitrogens is 1. The maximum Gasteiger partial charge on any atom is 0.244 e. The van der Waals surface area contributed by atoms with E-state index < -0.39 is 0 Å². The van der Waals surface area contributed by atoms with Gasteiger partial charge in [0, 0.05) is 22.8 Å². The number of pyridine rings is 1. The van der Waals surface area contributed by atoms with E-state index in [2.05, 4.69) is 5.32 Å². The SMILES string of the molecule is CCc1ccc(C(=O)c2cn(CC(=O)Nc3ccccc3)c3ccc(CC)cc3c2=O)cc1. The van der Waals surface area contributed by atoms with Crippen molar-refractivity contribution >= 4 is 28.3 Å². The fraction of sp³-hybridized carbons (Fsp3) is 0.179. The van der Waals surface area contributed by atoms with Gasteiger partial charge in [-0.3, -0.25) is 14.4 Å². The summed E-state index contributed by atoms with van der Waals surface area (Å²) in [5.74, 6) is -0.583. The van der Waals surface area contributed by atoms with E-state index >= 15 is 0 Å². The van der Waals surface area contributed by atoms with Crippen LogP contribution in [0.1, 0.15) is 40.9 Å². The summed E-state index contributed by atoms with van der Waals surface area (Å²) in [4.78, 5) is 39.4. The molecule has 0 fully saturated rings. The van der Waals surface area contributed by atoms with Gasteiger partial charge in [-0.25, -0.2) is 0 Å². The summed E-state index contributed by atoms with van der Waals surface area (Å²) < 4.78 is 1.68. The van der Waals surface area contributed by atoms with E-state index in [1.165, 1.54) is 6.20 Å². The minimum atomic E-state index is -0.344. The van der Waals surface area contributed by atoms with E-state index in [0.29, 0.717) is 22.2 Å². The molecule has 0 spiro atoms. The van der Waals surface area contributed by atoms with Crippen molar-refractivity contribution in [1.29, 1.82) is 0 Å². The number of fused-ring (bicyclic) bond motifs is 1. The average molecular weight is 439 g/mol. The molecule has 0 atom stereocenters. The van der Waals surface area contributed by atoms with Gasteiger partial charge < -0.3 is 9.88 Å². The Morgan fingerprint density at radius 2 is 1.52 bits per heavy atom. The first-order chi connectivity index (χ1) is 16.0. The van der Waals surface area contributed by atoms with Gasteiger partial charge in [0.05, 0.1) is 11.1 Å². The molecule has 0 aliphatic heterocycles. The first-order valence-electron chi connectivity index (χ1n) is 11.1. The molecular weight excluding hydrogens is 412 g/mol. The van der Waals surface area contributed by atoms with Crippen molar-refractivity contribution in [3.05, 3.63) is 111 Å². The molecule has 0 saturated carbocycles. The Labute approximate surface area is 192 Å². The molecule has 33 heavy (non-hydrogen) atoms. The van der Waals surface area contributed by atoms with Crippen LogP contribution < -0.4 is 10.7 Å². The smallest absolute Gasteiger partial charge is 0.244 e. The van der Waals surface area contributed by atoms with Gasteiger partial charge in [0.25, 0.3) is 0 Å². The first-order valence-corrected chi connectivity index (χ1v) is 11.1. The van der Waals surface area contributed by atoms with Gasteiger partial charge in [0.1, 0.15) is 6.54 Å². The van der Waals surface area contributed by atoms with Crippen LogP contribution in [0.2, 0.25) is 0 Å². The number of amides is 1. The third-order valence-corrected chi connectivity index (χ3v) is 5.79. The predicted molar refractivity (Wildman–Crippen MR) is 132 cm³/mol. The largest absolute Gasteiger partial charge is 0.337 e. The summed E-state index contributed by atoms with van der Waals surface area (Å²) in [6, 6.07) is 22.1. The average Bonchev–Trinajstić information content (AvgIpc) is 2.85. The number of carbonyl (C=O) groups excluding carboxylic acids is 2. The molecule has 4 rings (SSSR count). The van der Waals surface area contributed by atoms with E-state index in [1.54, 1.807) is 16.7 Å². The molecule has 1 N–H and O–H groups in total. The second kappa shape index (κ2) is 9.65. The van der Waals surface area contributed by atoms with Crippen molar-refractivity contribution in [2.45, 2.75) is 33.2 Å². The normalized spacial score (nSPS) is 10.8. The highest BCUT2D eigenvalue weighted by Crippen LogP contribution is 2.18. The molecule has 166 valence electrons. The highest BCUT2D eigenvalue weighted by molar-refractivity contribution is 6.10. The van der Waals surface area contributed by atoms with E-state index in [1.807, 2.05) is 74.5 Å². The highest BCUT2D eigenvalue weighted by atomic mass is 16.2. The van der Waals surface area contributed by atoms with E-state index in [0.717, 1.165) is 24.0 Å². The number of para-hydroxylation sites is 1. The molecule has 1 heterocycles. The number of carbonyl (C=O) groups is 2. The monoisotopic (exact) mass is 438 g/mol. The standard InChI is InChI=1S/C28H26N2O3/c1-3-19-10-13-21(14-11-19)27(32)24-17-30(18-26(31)29-22-8-6-5-7-9-22)25-15-12-20(4-2)16-23(25)28(24)33/h5-17H,3-4,18H2,1-2H3,(H,29,31). The molecule has 0 saturated heterocycles. The van der Waals surface area contributed by atoms with Gasteiger partial charge in [-0.1, -0.05) is 62.4 Å². The minimum Gasteiger partial charge on any atom is -0.337 e. The van der Waals surface area contributed by atoms with Crippen LogP contribution in [0.5, 0.6) is 0 Å².